The fourth-order valence-electron chi connectivity index (χ4n) is 2.19. The predicted molar refractivity (Wildman–Crippen MR) is 76.4 cm³/mol. The molecular formula is C13H11BF3N5. The predicted octanol–water partition coefficient (Wildman–Crippen LogP) is 1.04. The molecule has 2 heterocycles. The summed E-state index contributed by atoms with van der Waals surface area (Å²) in [4.78, 5) is 0. The maximum Gasteiger partial charge on any atom is 0.432 e. The highest BCUT2D eigenvalue weighted by atomic mass is 19.4. The molecule has 3 aromatic rings. The lowest BCUT2D eigenvalue weighted by Gasteiger charge is -2.12. The van der Waals surface area contributed by atoms with E-state index in [-0.39, 0.29) is 5.46 Å². The van der Waals surface area contributed by atoms with Crippen molar-refractivity contribution in [3.8, 4) is 11.4 Å². The van der Waals surface area contributed by atoms with E-state index < -0.39 is 11.9 Å². The minimum absolute atomic E-state index is 0.0866. The molecule has 0 aliphatic heterocycles. The lowest BCUT2D eigenvalue weighted by molar-refractivity contribution is -0.141. The van der Waals surface area contributed by atoms with Gasteiger partial charge >= 0.3 is 6.18 Å². The van der Waals surface area contributed by atoms with Crippen molar-refractivity contribution >= 4 is 13.3 Å². The zero-order valence-corrected chi connectivity index (χ0v) is 11.8. The Kier molecular flexibility index (Phi) is 3.27. The van der Waals surface area contributed by atoms with E-state index in [0.717, 1.165) is 10.4 Å². The molecule has 5 nitrogen and oxygen atoms in total. The Hall–Kier alpha value is -2.58. The van der Waals surface area contributed by atoms with Gasteiger partial charge < -0.3 is 0 Å². The first-order valence-electron chi connectivity index (χ1n) is 6.48. The Morgan fingerprint density at radius 3 is 2.27 bits per heavy atom. The number of hydrogen-bond donors (Lipinski definition) is 0. The molecule has 0 spiro atoms. The molecule has 1 aromatic carbocycles. The third kappa shape index (κ3) is 2.49. The normalized spacial score (nSPS) is 11.8. The molecule has 3 rings (SSSR count). The van der Waals surface area contributed by atoms with Crippen LogP contribution in [0.2, 0.25) is 0 Å². The summed E-state index contributed by atoms with van der Waals surface area (Å²) in [5.41, 5.74) is 1.12. The summed E-state index contributed by atoms with van der Waals surface area (Å²) in [6, 6.07) is 6.46. The summed E-state index contributed by atoms with van der Waals surface area (Å²) in [5.74, 6) is 0. The Morgan fingerprint density at radius 1 is 1.09 bits per heavy atom. The Bertz CT molecular complexity index is 804. The van der Waals surface area contributed by atoms with E-state index in [4.69, 9.17) is 0 Å². The van der Waals surface area contributed by atoms with Crippen LogP contribution in [-0.2, 0) is 6.18 Å². The van der Waals surface area contributed by atoms with Crippen LogP contribution in [0, 0.1) is 6.92 Å². The van der Waals surface area contributed by atoms with Crippen LogP contribution in [-0.4, -0.2) is 32.6 Å². The van der Waals surface area contributed by atoms with Crippen molar-refractivity contribution in [3.05, 3.63) is 48.0 Å². The monoisotopic (exact) mass is 305 g/mol. The molecule has 112 valence electrons. The molecule has 0 atom stereocenters. The van der Waals surface area contributed by atoms with Crippen LogP contribution in [0.4, 0.5) is 13.2 Å². The van der Waals surface area contributed by atoms with E-state index >= 15 is 0 Å². The van der Waals surface area contributed by atoms with Crippen molar-refractivity contribution in [2.45, 2.75) is 13.1 Å². The second-order valence-corrected chi connectivity index (χ2v) is 4.91. The Morgan fingerprint density at radius 2 is 1.73 bits per heavy atom. The molecule has 0 fully saturated rings. The topological polar surface area (TPSA) is 48.5 Å². The maximum atomic E-state index is 13.1. The third-order valence-corrected chi connectivity index (χ3v) is 3.19. The van der Waals surface area contributed by atoms with Crippen molar-refractivity contribution in [1.29, 1.82) is 0 Å². The first-order chi connectivity index (χ1) is 10.4. The molecule has 2 aromatic heterocycles. The minimum atomic E-state index is -4.46. The average molecular weight is 305 g/mol. The Balaban J connectivity index is 2.01. The van der Waals surface area contributed by atoms with Crippen LogP contribution in [0.1, 0.15) is 11.4 Å². The lowest BCUT2D eigenvalue weighted by atomic mass is 9.97. The molecule has 0 unspecified atom stereocenters. The Labute approximate surface area is 124 Å². The number of hydrogen-bond acceptors (Lipinski definition) is 3. The summed E-state index contributed by atoms with van der Waals surface area (Å²) in [6.07, 6.45) is -1.52. The van der Waals surface area contributed by atoms with Crippen LogP contribution >= 0.6 is 0 Å². The first-order valence-corrected chi connectivity index (χ1v) is 6.48. The van der Waals surface area contributed by atoms with Gasteiger partial charge in [0.05, 0.1) is 23.3 Å². The second kappa shape index (κ2) is 5.01. The zero-order chi connectivity index (χ0) is 15.9. The number of benzene rings is 1. The van der Waals surface area contributed by atoms with Crippen LogP contribution in [0.15, 0.2) is 36.7 Å². The molecule has 9 heteroatoms. The van der Waals surface area contributed by atoms with E-state index in [0.29, 0.717) is 11.4 Å². The zero-order valence-electron chi connectivity index (χ0n) is 11.8. The molecule has 0 bridgehead atoms. The fraction of sp³-hybridized carbons (Fsp3) is 0.154. The number of halogens is 3. The molecular weight excluding hydrogens is 294 g/mol. The molecule has 0 amide bonds. The van der Waals surface area contributed by atoms with Gasteiger partial charge in [0.1, 0.15) is 13.5 Å². The summed E-state index contributed by atoms with van der Waals surface area (Å²) >= 11 is 0. The molecule has 22 heavy (non-hydrogen) atoms. The van der Waals surface area contributed by atoms with Crippen LogP contribution in [0.3, 0.4) is 0 Å². The van der Waals surface area contributed by atoms with Gasteiger partial charge in [-0.1, -0.05) is 5.21 Å². The standard InChI is InChI=1S/C13H11BF3N5/c1-8-7-21(20-19-8)9-2-4-10(5-3-9)22-12(13(15,16)17)11(14)6-18-22/h2-7H,14H2,1H3. The minimum Gasteiger partial charge on any atom is -0.229 e. The quantitative estimate of drug-likeness (QED) is 0.665. The van der Waals surface area contributed by atoms with Crippen LogP contribution < -0.4 is 5.46 Å². The molecule has 0 aliphatic carbocycles. The molecule has 0 saturated carbocycles. The van der Waals surface area contributed by atoms with E-state index in [9.17, 15) is 13.2 Å². The van der Waals surface area contributed by atoms with Crippen molar-refractivity contribution < 1.29 is 13.2 Å². The van der Waals surface area contributed by atoms with E-state index in [1.165, 1.54) is 14.0 Å². The highest BCUT2D eigenvalue weighted by Gasteiger charge is 2.37. The van der Waals surface area contributed by atoms with Gasteiger partial charge in [-0.3, -0.25) is 0 Å². The average Bonchev–Trinajstić information content (AvgIpc) is 3.04. The van der Waals surface area contributed by atoms with Crippen LogP contribution in [0.25, 0.3) is 11.4 Å². The number of rotatable bonds is 2. The first kappa shape index (κ1) is 14.4. The van der Waals surface area contributed by atoms with Gasteiger partial charge in [0, 0.05) is 6.20 Å². The molecule has 0 aliphatic rings. The van der Waals surface area contributed by atoms with Gasteiger partial charge in [0.25, 0.3) is 0 Å². The van der Waals surface area contributed by atoms with Gasteiger partial charge in [-0.25, -0.2) is 9.36 Å². The number of alkyl halides is 3. The molecule has 0 saturated heterocycles. The van der Waals surface area contributed by atoms with Gasteiger partial charge in [-0.2, -0.15) is 18.3 Å². The summed E-state index contributed by atoms with van der Waals surface area (Å²) in [5, 5.41) is 11.6. The number of nitrogens with zero attached hydrogens (tertiary/aromatic N) is 5. The maximum absolute atomic E-state index is 13.1. The third-order valence-electron chi connectivity index (χ3n) is 3.19. The SMILES string of the molecule is Bc1cnn(-c2ccc(-n3cc(C)nn3)cc2)c1C(F)(F)F. The summed E-state index contributed by atoms with van der Waals surface area (Å²) in [6.45, 7) is 1.81. The number of aromatic nitrogens is 5. The van der Waals surface area contributed by atoms with Gasteiger partial charge in [0.15, 0.2) is 0 Å². The number of aryl methyl sites for hydroxylation is 1. The van der Waals surface area contributed by atoms with Gasteiger partial charge in [-0.05, 0) is 36.7 Å². The van der Waals surface area contributed by atoms with Crippen molar-refractivity contribution in [2.75, 3.05) is 0 Å². The van der Waals surface area contributed by atoms with Crippen molar-refractivity contribution in [1.82, 2.24) is 24.8 Å². The van der Waals surface area contributed by atoms with Crippen LogP contribution in [0.5, 0.6) is 0 Å². The van der Waals surface area contributed by atoms with Crippen molar-refractivity contribution in [3.63, 3.8) is 0 Å². The highest BCUT2D eigenvalue weighted by molar-refractivity contribution is 6.33. The van der Waals surface area contributed by atoms with Gasteiger partial charge in [-0.15, -0.1) is 5.10 Å². The fourth-order valence-corrected chi connectivity index (χ4v) is 2.19. The second-order valence-electron chi connectivity index (χ2n) is 4.91. The highest BCUT2D eigenvalue weighted by Crippen LogP contribution is 2.29. The lowest BCUT2D eigenvalue weighted by Crippen LogP contribution is -2.22. The van der Waals surface area contributed by atoms with E-state index in [1.54, 1.807) is 42.1 Å². The molecule has 0 N–H and O–H groups in total. The van der Waals surface area contributed by atoms with Gasteiger partial charge in [0.2, 0.25) is 0 Å². The largest absolute Gasteiger partial charge is 0.432 e. The molecule has 0 radical (unpaired) electrons. The van der Waals surface area contributed by atoms with Crippen molar-refractivity contribution in [2.24, 2.45) is 0 Å². The smallest absolute Gasteiger partial charge is 0.229 e. The van der Waals surface area contributed by atoms with E-state index in [2.05, 4.69) is 15.4 Å². The summed E-state index contributed by atoms with van der Waals surface area (Å²) < 4.78 is 41.7. The summed E-state index contributed by atoms with van der Waals surface area (Å²) in [7, 11) is 1.39. The van der Waals surface area contributed by atoms with E-state index in [1.807, 2.05) is 0 Å².